The molecule has 0 saturated carbocycles. The van der Waals surface area contributed by atoms with Gasteiger partial charge in [0.05, 0.1) is 36.5 Å². The van der Waals surface area contributed by atoms with Gasteiger partial charge in [0.15, 0.2) is 11.4 Å². The van der Waals surface area contributed by atoms with Gasteiger partial charge >= 0.3 is 0 Å². The molecule has 3 aromatic carbocycles. The summed E-state index contributed by atoms with van der Waals surface area (Å²) in [5.74, 6) is 0.107. The standard InChI is InChI=1S/C31H27N3O5S/c35-18-21-8-10-22(11-9-21)27-16-24(19-40-31-32-14-3-15-33-31)38-30(39-27)23-12-6-20(7-13-23)17-34-28(36)25-4-1-2-5-26(25)29(34)37/h1-15,24,27,30,35H,16-19H2/t24-,27+,30+/m1/s1. The fourth-order valence-corrected chi connectivity index (χ4v) is 5.72. The number of aromatic nitrogens is 2. The Morgan fingerprint density at radius 1 is 0.800 bits per heavy atom. The zero-order chi connectivity index (χ0) is 27.5. The summed E-state index contributed by atoms with van der Waals surface area (Å²) in [6.07, 6.45) is 3.18. The highest BCUT2D eigenvalue weighted by Crippen LogP contribution is 2.39. The lowest BCUT2D eigenvalue weighted by atomic mass is 10.0. The fraction of sp³-hybridized carbons (Fsp3) is 0.226. The van der Waals surface area contributed by atoms with E-state index in [0.717, 1.165) is 22.3 Å². The molecule has 1 fully saturated rings. The molecule has 3 atom stereocenters. The van der Waals surface area contributed by atoms with Gasteiger partial charge in [0.2, 0.25) is 0 Å². The number of carbonyl (C=O) groups excluding carboxylic acids is 2. The van der Waals surface area contributed by atoms with Crippen LogP contribution >= 0.6 is 11.8 Å². The third-order valence-electron chi connectivity index (χ3n) is 7.03. The van der Waals surface area contributed by atoms with Crippen molar-refractivity contribution in [2.75, 3.05) is 5.75 Å². The molecule has 40 heavy (non-hydrogen) atoms. The average molecular weight is 554 g/mol. The van der Waals surface area contributed by atoms with Crippen LogP contribution in [0.4, 0.5) is 0 Å². The molecular weight excluding hydrogens is 526 g/mol. The second-order valence-corrected chi connectivity index (χ2v) is 10.7. The zero-order valence-electron chi connectivity index (χ0n) is 21.6. The molecule has 0 radical (unpaired) electrons. The first kappa shape index (κ1) is 26.3. The maximum absolute atomic E-state index is 12.8. The highest BCUT2D eigenvalue weighted by Gasteiger charge is 2.35. The third-order valence-corrected chi connectivity index (χ3v) is 8.03. The molecule has 0 aliphatic carbocycles. The normalized spacial score (nSPS) is 20.5. The van der Waals surface area contributed by atoms with Crippen molar-refractivity contribution >= 4 is 23.6 Å². The Morgan fingerprint density at radius 2 is 1.43 bits per heavy atom. The highest BCUT2D eigenvalue weighted by molar-refractivity contribution is 7.99. The molecule has 0 bridgehead atoms. The maximum Gasteiger partial charge on any atom is 0.261 e. The number of carbonyl (C=O) groups is 2. The SMILES string of the molecule is O=C1c2ccccc2C(=O)N1Cc1ccc([C@H]2O[C@@H](CSc3ncccn3)C[C@@H](c3ccc(CO)cc3)O2)cc1. The molecule has 0 spiro atoms. The van der Waals surface area contributed by atoms with E-state index >= 15 is 0 Å². The number of imide groups is 1. The Morgan fingerprint density at radius 3 is 2.08 bits per heavy atom. The predicted octanol–water partition coefficient (Wildman–Crippen LogP) is 5.10. The number of hydrogen-bond acceptors (Lipinski definition) is 8. The van der Waals surface area contributed by atoms with Crippen LogP contribution in [0.5, 0.6) is 0 Å². The van der Waals surface area contributed by atoms with E-state index in [9.17, 15) is 14.7 Å². The number of aliphatic hydroxyl groups excluding tert-OH is 1. The van der Waals surface area contributed by atoms with Crippen LogP contribution in [0.25, 0.3) is 0 Å². The molecule has 3 heterocycles. The van der Waals surface area contributed by atoms with Gasteiger partial charge in [-0.15, -0.1) is 0 Å². The first-order chi connectivity index (χ1) is 19.6. The van der Waals surface area contributed by atoms with Crippen LogP contribution < -0.4 is 0 Å². The van der Waals surface area contributed by atoms with Gasteiger partial charge in [-0.25, -0.2) is 9.97 Å². The van der Waals surface area contributed by atoms with E-state index in [2.05, 4.69) is 9.97 Å². The largest absolute Gasteiger partial charge is 0.392 e. The number of thioether (sulfide) groups is 1. The second-order valence-electron chi connectivity index (χ2n) is 9.68. The fourth-order valence-electron chi connectivity index (χ4n) is 4.90. The molecule has 2 aliphatic rings. The lowest BCUT2D eigenvalue weighted by Crippen LogP contribution is -2.31. The number of fused-ring (bicyclic) bond motifs is 1. The molecular formula is C31H27N3O5S. The molecule has 8 nitrogen and oxygen atoms in total. The number of rotatable bonds is 8. The van der Waals surface area contributed by atoms with Crippen LogP contribution in [-0.4, -0.2) is 43.6 Å². The molecule has 6 rings (SSSR count). The highest BCUT2D eigenvalue weighted by atomic mass is 32.2. The summed E-state index contributed by atoms with van der Waals surface area (Å²) in [5.41, 5.74) is 4.41. The van der Waals surface area contributed by atoms with Crippen molar-refractivity contribution in [1.29, 1.82) is 0 Å². The number of benzene rings is 3. The zero-order valence-corrected chi connectivity index (χ0v) is 22.4. The molecule has 4 aromatic rings. The van der Waals surface area contributed by atoms with E-state index in [-0.39, 0.29) is 37.2 Å². The summed E-state index contributed by atoms with van der Waals surface area (Å²) in [6.45, 7) is 0.177. The van der Waals surface area contributed by atoms with E-state index in [4.69, 9.17) is 9.47 Å². The van der Waals surface area contributed by atoms with Crippen LogP contribution in [0.3, 0.4) is 0 Å². The van der Waals surface area contributed by atoms with Gasteiger partial charge in [0, 0.05) is 30.1 Å². The van der Waals surface area contributed by atoms with Crippen molar-refractivity contribution in [3.8, 4) is 0 Å². The lowest BCUT2D eigenvalue weighted by molar-refractivity contribution is -0.245. The first-order valence-corrected chi connectivity index (χ1v) is 14.0. The Kier molecular flexibility index (Phi) is 7.70. The average Bonchev–Trinajstić information content (AvgIpc) is 3.25. The summed E-state index contributed by atoms with van der Waals surface area (Å²) < 4.78 is 12.8. The maximum atomic E-state index is 12.8. The topological polar surface area (TPSA) is 102 Å². The number of nitrogens with zero attached hydrogens (tertiary/aromatic N) is 3. The van der Waals surface area contributed by atoms with Crippen molar-refractivity contribution in [3.63, 3.8) is 0 Å². The van der Waals surface area contributed by atoms with Crippen LogP contribution in [0.1, 0.15) is 61.8 Å². The summed E-state index contributed by atoms with van der Waals surface area (Å²) >= 11 is 1.54. The van der Waals surface area contributed by atoms with Gasteiger partial charge < -0.3 is 14.6 Å². The molecule has 2 aliphatic heterocycles. The van der Waals surface area contributed by atoms with Gasteiger partial charge in [-0.05, 0) is 34.9 Å². The van der Waals surface area contributed by atoms with Crippen molar-refractivity contribution in [3.05, 3.63) is 125 Å². The van der Waals surface area contributed by atoms with E-state index in [0.29, 0.717) is 28.5 Å². The smallest absolute Gasteiger partial charge is 0.261 e. The Labute approximate surface area is 236 Å². The van der Waals surface area contributed by atoms with E-state index in [1.54, 1.807) is 42.7 Å². The quantitative estimate of drug-likeness (QED) is 0.183. The molecule has 202 valence electrons. The molecule has 1 N–H and O–H groups in total. The number of hydrogen-bond donors (Lipinski definition) is 1. The van der Waals surface area contributed by atoms with Crippen LogP contribution in [0, 0.1) is 0 Å². The minimum Gasteiger partial charge on any atom is -0.392 e. The van der Waals surface area contributed by atoms with Crippen molar-refractivity contribution in [2.24, 2.45) is 0 Å². The summed E-state index contributed by atoms with van der Waals surface area (Å²) in [4.78, 5) is 35.4. The molecule has 0 unspecified atom stereocenters. The van der Waals surface area contributed by atoms with Crippen molar-refractivity contribution in [1.82, 2.24) is 14.9 Å². The van der Waals surface area contributed by atoms with E-state index in [1.807, 2.05) is 48.5 Å². The van der Waals surface area contributed by atoms with Crippen LogP contribution in [0.2, 0.25) is 0 Å². The minimum atomic E-state index is -0.605. The molecule has 1 aromatic heterocycles. The van der Waals surface area contributed by atoms with Gasteiger partial charge in [-0.3, -0.25) is 14.5 Å². The van der Waals surface area contributed by atoms with Crippen LogP contribution in [0.15, 0.2) is 96.4 Å². The monoisotopic (exact) mass is 553 g/mol. The number of amides is 2. The summed E-state index contributed by atoms with van der Waals surface area (Å²) in [5, 5.41) is 10.1. The second kappa shape index (κ2) is 11.7. The van der Waals surface area contributed by atoms with E-state index in [1.165, 1.54) is 16.7 Å². The van der Waals surface area contributed by atoms with Gasteiger partial charge in [-0.1, -0.05) is 72.4 Å². The summed E-state index contributed by atoms with van der Waals surface area (Å²) in [6, 6.07) is 24.1. The van der Waals surface area contributed by atoms with Gasteiger partial charge in [0.25, 0.3) is 11.8 Å². The van der Waals surface area contributed by atoms with Gasteiger partial charge in [0.1, 0.15) is 0 Å². The number of aliphatic hydroxyl groups is 1. The van der Waals surface area contributed by atoms with Gasteiger partial charge in [-0.2, -0.15) is 0 Å². The first-order valence-electron chi connectivity index (χ1n) is 13.0. The Bertz CT molecular complexity index is 1460. The van der Waals surface area contributed by atoms with E-state index < -0.39 is 6.29 Å². The minimum absolute atomic E-state index is 0.0130. The Hall–Kier alpha value is -3.89. The molecule has 9 heteroatoms. The van der Waals surface area contributed by atoms with Crippen molar-refractivity contribution in [2.45, 2.75) is 43.2 Å². The molecule has 1 saturated heterocycles. The third kappa shape index (κ3) is 5.55. The van der Waals surface area contributed by atoms with Crippen molar-refractivity contribution < 1.29 is 24.2 Å². The van der Waals surface area contributed by atoms with Crippen LogP contribution in [-0.2, 0) is 22.6 Å². The summed E-state index contributed by atoms with van der Waals surface area (Å²) in [7, 11) is 0. The molecule has 2 amide bonds. The lowest BCUT2D eigenvalue weighted by Gasteiger charge is -2.36. The number of ether oxygens (including phenoxy) is 2. The Balaban J connectivity index is 1.18. The predicted molar refractivity (Wildman–Crippen MR) is 148 cm³/mol.